The lowest BCUT2D eigenvalue weighted by atomic mass is 9.57. The number of benzene rings is 5. The van der Waals surface area contributed by atoms with Crippen molar-refractivity contribution >= 4 is 0 Å². The van der Waals surface area contributed by atoms with Gasteiger partial charge in [-0.1, -0.05) is 153 Å². The van der Waals surface area contributed by atoms with Crippen LogP contribution in [0, 0.1) is 5.41 Å². The number of aromatic hydroxyl groups is 2. The predicted octanol–water partition coefficient (Wildman–Crippen LogP) is 11.2. The van der Waals surface area contributed by atoms with Crippen molar-refractivity contribution in [2.45, 2.75) is 84.5 Å². The van der Waals surface area contributed by atoms with Gasteiger partial charge in [0.05, 0.1) is 5.41 Å². The molecule has 5 aromatic carbocycles. The highest BCUT2D eigenvalue weighted by Gasteiger charge is 2.53. The highest BCUT2D eigenvalue weighted by Crippen LogP contribution is 2.62. The smallest absolute Gasteiger partial charge is 0.120 e. The summed E-state index contributed by atoms with van der Waals surface area (Å²) in [5.74, 6) is 0.934. The van der Waals surface area contributed by atoms with Crippen LogP contribution in [0.2, 0.25) is 0 Å². The third-order valence-corrected chi connectivity index (χ3v) is 10.9. The first kappa shape index (κ1) is 31.7. The van der Waals surface area contributed by atoms with E-state index in [0.717, 1.165) is 16.7 Å². The predicted molar refractivity (Wildman–Crippen MR) is 192 cm³/mol. The average molecular weight is 609 g/mol. The summed E-state index contributed by atoms with van der Waals surface area (Å²) in [6.45, 7) is 20.2. The van der Waals surface area contributed by atoms with E-state index < -0.39 is 5.41 Å². The summed E-state index contributed by atoms with van der Waals surface area (Å²) in [6.07, 6.45) is 0. The van der Waals surface area contributed by atoms with E-state index >= 15 is 0 Å². The summed E-state index contributed by atoms with van der Waals surface area (Å²) in [5, 5.41) is 22.1. The summed E-state index contributed by atoms with van der Waals surface area (Å²) in [7, 11) is 0. The maximum Gasteiger partial charge on any atom is 0.120 e. The van der Waals surface area contributed by atoms with Gasteiger partial charge < -0.3 is 10.2 Å². The highest BCUT2D eigenvalue weighted by molar-refractivity contribution is 5.84. The van der Waals surface area contributed by atoms with Crippen LogP contribution in [-0.2, 0) is 16.2 Å². The Hall–Kier alpha value is -4.30. The Labute approximate surface area is 275 Å². The zero-order valence-electron chi connectivity index (χ0n) is 28.9. The zero-order valence-corrected chi connectivity index (χ0v) is 28.9. The van der Waals surface area contributed by atoms with Crippen molar-refractivity contribution in [3.8, 4) is 22.6 Å². The molecule has 1 aliphatic rings. The minimum atomic E-state index is -0.525. The van der Waals surface area contributed by atoms with Crippen LogP contribution < -0.4 is 0 Å². The molecule has 2 nitrogen and oxygen atoms in total. The van der Waals surface area contributed by atoms with E-state index in [4.69, 9.17) is 0 Å². The first-order valence-electron chi connectivity index (χ1n) is 16.6. The molecule has 0 bridgehead atoms. The second-order valence-electron chi connectivity index (χ2n) is 15.6. The van der Waals surface area contributed by atoms with Crippen LogP contribution in [0.1, 0.15) is 113 Å². The Morgan fingerprint density at radius 3 is 1.35 bits per heavy atom. The molecule has 0 amide bonds. The number of phenolic OH excluding ortho intramolecular Hbond substituents is 2. The minimum absolute atomic E-state index is 0.228. The Bertz CT molecular complexity index is 1870. The maximum absolute atomic E-state index is 11.7. The molecule has 236 valence electrons. The molecule has 0 saturated heterocycles. The van der Waals surface area contributed by atoms with Gasteiger partial charge in [-0.15, -0.1) is 0 Å². The second kappa shape index (κ2) is 10.9. The van der Waals surface area contributed by atoms with Crippen LogP contribution in [0.5, 0.6) is 11.5 Å². The lowest BCUT2D eigenvalue weighted by Gasteiger charge is -2.45. The van der Waals surface area contributed by atoms with Crippen LogP contribution in [0.3, 0.4) is 0 Å². The zero-order chi connectivity index (χ0) is 33.2. The van der Waals surface area contributed by atoms with Crippen LogP contribution in [-0.4, -0.2) is 10.2 Å². The molecule has 2 heteroatoms. The summed E-state index contributed by atoms with van der Waals surface area (Å²) < 4.78 is 0. The Balaban J connectivity index is 1.45. The topological polar surface area (TPSA) is 40.5 Å². The molecule has 6 rings (SSSR count). The molecule has 1 aliphatic carbocycles. The van der Waals surface area contributed by atoms with Gasteiger partial charge in [-0.25, -0.2) is 0 Å². The van der Waals surface area contributed by atoms with Crippen molar-refractivity contribution in [1.29, 1.82) is 0 Å². The molecule has 0 atom stereocenters. The number of rotatable bonds is 6. The molecule has 0 heterocycles. The largest absolute Gasteiger partial charge is 0.508 e. The molecular weight excluding hydrogens is 560 g/mol. The quantitative estimate of drug-likeness (QED) is 0.201. The van der Waals surface area contributed by atoms with Gasteiger partial charge in [-0.3, -0.25) is 0 Å². The fraction of sp³-hybridized carbons (Fsp3) is 0.318. The van der Waals surface area contributed by atoms with Gasteiger partial charge in [-0.05, 0) is 79.6 Å². The lowest BCUT2D eigenvalue weighted by Crippen LogP contribution is -2.41. The summed E-state index contributed by atoms with van der Waals surface area (Å²) >= 11 is 0. The van der Waals surface area contributed by atoms with Crippen molar-refractivity contribution in [2.24, 2.45) is 5.41 Å². The van der Waals surface area contributed by atoms with Crippen molar-refractivity contribution in [2.75, 3.05) is 0 Å². The third kappa shape index (κ3) is 4.68. The standard InChI is InChI=1S/C44H48O2/c1-28(2)35-26-31(22-24-39(35)45)42(6,7)29-18-20-30(21-19-29)43(8,9)32-23-25-40(46)38(27-32)44(41(3,4)5)36-16-12-10-14-33(36)34-15-11-13-17-37(34)44/h10-28,45-46H,1-9H3. The Morgan fingerprint density at radius 2 is 0.891 bits per heavy atom. The van der Waals surface area contributed by atoms with Gasteiger partial charge in [-0.2, -0.15) is 0 Å². The van der Waals surface area contributed by atoms with Crippen LogP contribution in [0.4, 0.5) is 0 Å². The van der Waals surface area contributed by atoms with Gasteiger partial charge >= 0.3 is 0 Å². The fourth-order valence-electron chi connectivity index (χ4n) is 8.01. The SMILES string of the molecule is CC(C)c1cc(C(C)(C)c2ccc(C(C)(C)c3ccc(O)c(C4(C(C)(C)C)c5ccccc5-c5ccccc54)c3)cc2)ccc1O. The molecule has 0 aliphatic heterocycles. The molecule has 5 aromatic rings. The van der Waals surface area contributed by atoms with E-state index in [2.05, 4.69) is 153 Å². The number of phenols is 2. The lowest BCUT2D eigenvalue weighted by molar-refractivity contribution is 0.270. The molecule has 0 unspecified atom stereocenters. The molecule has 2 N–H and O–H groups in total. The van der Waals surface area contributed by atoms with Crippen molar-refractivity contribution in [3.05, 3.63) is 154 Å². The van der Waals surface area contributed by atoms with Gasteiger partial charge in [0, 0.05) is 16.4 Å². The van der Waals surface area contributed by atoms with Crippen molar-refractivity contribution in [1.82, 2.24) is 0 Å². The fourth-order valence-corrected chi connectivity index (χ4v) is 8.01. The number of hydrogen-bond acceptors (Lipinski definition) is 2. The summed E-state index contributed by atoms with van der Waals surface area (Å²) in [6, 6.07) is 38.7. The van der Waals surface area contributed by atoms with E-state index in [-0.39, 0.29) is 22.2 Å². The van der Waals surface area contributed by atoms with Gasteiger partial charge in [0.15, 0.2) is 0 Å². The van der Waals surface area contributed by atoms with Crippen LogP contribution in [0.25, 0.3) is 11.1 Å². The molecular formula is C44H48O2. The molecule has 0 spiro atoms. The van der Waals surface area contributed by atoms with E-state index in [1.165, 1.54) is 38.9 Å². The molecule has 0 aromatic heterocycles. The molecule has 46 heavy (non-hydrogen) atoms. The van der Waals surface area contributed by atoms with Gasteiger partial charge in [0.25, 0.3) is 0 Å². The van der Waals surface area contributed by atoms with E-state index in [1.807, 2.05) is 18.2 Å². The molecule has 0 saturated carbocycles. The third-order valence-electron chi connectivity index (χ3n) is 10.9. The number of fused-ring (bicyclic) bond motifs is 3. The average Bonchev–Trinajstić information content (AvgIpc) is 3.33. The van der Waals surface area contributed by atoms with Crippen LogP contribution >= 0.6 is 0 Å². The monoisotopic (exact) mass is 608 g/mol. The first-order valence-corrected chi connectivity index (χ1v) is 16.6. The minimum Gasteiger partial charge on any atom is -0.508 e. The van der Waals surface area contributed by atoms with E-state index in [9.17, 15) is 10.2 Å². The van der Waals surface area contributed by atoms with Gasteiger partial charge in [0.1, 0.15) is 11.5 Å². The number of hydrogen-bond donors (Lipinski definition) is 2. The van der Waals surface area contributed by atoms with Crippen LogP contribution in [0.15, 0.2) is 109 Å². The Morgan fingerprint density at radius 1 is 0.478 bits per heavy atom. The van der Waals surface area contributed by atoms with Gasteiger partial charge in [0.2, 0.25) is 0 Å². The molecule has 0 fully saturated rings. The van der Waals surface area contributed by atoms with Crippen molar-refractivity contribution in [3.63, 3.8) is 0 Å². The normalized spacial score (nSPS) is 14.3. The summed E-state index contributed by atoms with van der Waals surface area (Å²) in [5.41, 5.74) is 10.4. The highest BCUT2D eigenvalue weighted by atomic mass is 16.3. The van der Waals surface area contributed by atoms with E-state index in [0.29, 0.717) is 11.5 Å². The van der Waals surface area contributed by atoms with Crippen molar-refractivity contribution < 1.29 is 10.2 Å². The molecule has 0 radical (unpaired) electrons. The Kier molecular flexibility index (Phi) is 7.51. The van der Waals surface area contributed by atoms with E-state index in [1.54, 1.807) is 0 Å². The first-order chi connectivity index (χ1) is 21.6. The summed E-state index contributed by atoms with van der Waals surface area (Å²) in [4.78, 5) is 0. The maximum atomic E-state index is 11.7. The second-order valence-corrected chi connectivity index (χ2v) is 15.6.